The fraction of sp³-hybridized carbons (Fsp3) is 0.462. The maximum absolute atomic E-state index is 12.1. The standard InChI is InChI=1S/C26H35N5O/c1-27-26(29-18-22-16-25(32)30-24-13-7-6-12-23(22)24)28-17-20-10-4-5-11-21(20)19-31-14-8-2-3-9-15-31/h4-7,10-13,22H,2-3,8-9,14-19H2,1H3,(H,30,32)(H2,27,28,29). The summed E-state index contributed by atoms with van der Waals surface area (Å²) in [6.45, 7) is 4.80. The molecule has 1 fully saturated rings. The number of benzene rings is 2. The third-order valence-corrected chi connectivity index (χ3v) is 6.50. The van der Waals surface area contributed by atoms with Gasteiger partial charge in [-0.1, -0.05) is 55.3 Å². The van der Waals surface area contributed by atoms with Crippen LogP contribution in [0.3, 0.4) is 0 Å². The summed E-state index contributed by atoms with van der Waals surface area (Å²) in [7, 11) is 1.79. The van der Waals surface area contributed by atoms with Crippen LogP contribution < -0.4 is 16.0 Å². The van der Waals surface area contributed by atoms with Crippen molar-refractivity contribution in [1.29, 1.82) is 0 Å². The summed E-state index contributed by atoms with van der Waals surface area (Å²) in [6.07, 6.45) is 5.81. The quantitative estimate of drug-likeness (QED) is 0.478. The second-order valence-corrected chi connectivity index (χ2v) is 8.80. The molecule has 2 aromatic carbocycles. The second kappa shape index (κ2) is 11.1. The van der Waals surface area contributed by atoms with Crippen LogP contribution in [0.1, 0.15) is 54.7 Å². The Hall–Kier alpha value is -2.86. The summed E-state index contributed by atoms with van der Waals surface area (Å²) in [5.41, 5.74) is 4.79. The van der Waals surface area contributed by atoms with Crippen LogP contribution in [-0.4, -0.2) is 43.4 Å². The first-order chi connectivity index (χ1) is 15.7. The van der Waals surface area contributed by atoms with Gasteiger partial charge in [-0.3, -0.25) is 14.7 Å². The van der Waals surface area contributed by atoms with E-state index in [2.05, 4.69) is 56.2 Å². The minimum atomic E-state index is 0.0703. The Labute approximate surface area is 191 Å². The van der Waals surface area contributed by atoms with Gasteiger partial charge in [-0.2, -0.15) is 0 Å². The highest BCUT2D eigenvalue weighted by molar-refractivity contribution is 5.94. The zero-order valence-corrected chi connectivity index (χ0v) is 19.1. The van der Waals surface area contributed by atoms with Gasteiger partial charge in [-0.05, 0) is 48.7 Å². The van der Waals surface area contributed by atoms with Crippen molar-refractivity contribution in [1.82, 2.24) is 15.5 Å². The van der Waals surface area contributed by atoms with E-state index in [0.29, 0.717) is 13.0 Å². The maximum atomic E-state index is 12.1. The first-order valence-corrected chi connectivity index (χ1v) is 11.9. The molecule has 1 amide bonds. The van der Waals surface area contributed by atoms with Crippen LogP contribution in [0, 0.1) is 0 Å². The molecule has 1 saturated heterocycles. The molecule has 6 nitrogen and oxygen atoms in total. The largest absolute Gasteiger partial charge is 0.356 e. The number of carbonyl (C=O) groups is 1. The Bertz CT molecular complexity index is 933. The number of rotatable bonds is 6. The summed E-state index contributed by atoms with van der Waals surface area (Å²) in [5, 5.41) is 9.86. The first kappa shape index (κ1) is 22.3. The zero-order valence-electron chi connectivity index (χ0n) is 19.1. The average molecular weight is 434 g/mol. The number of likely N-dealkylation sites (tertiary alicyclic amines) is 1. The van der Waals surface area contributed by atoms with Crippen LogP contribution in [-0.2, 0) is 17.9 Å². The minimum absolute atomic E-state index is 0.0703. The van der Waals surface area contributed by atoms with E-state index in [4.69, 9.17) is 0 Å². The number of para-hydroxylation sites is 1. The number of aliphatic imine (C=N–C) groups is 1. The second-order valence-electron chi connectivity index (χ2n) is 8.80. The summed E-state index contributed by atoms with van der Waals surface area (Å²) in [6, 6.07) is 16.7. The number of nitrogens with zero attached hydrogens (tertiary/aromatic N) is 2. The SMILES string of the molecule is CN=C(NCc1ccccc1CN1CCCCCC1)NCC1CC(=O)Nc2ccccc21. The van der Waals surface area contributed by atoms with E-state index in [-0.39, 0.29) is 11.8 Å². The van der Waals surface area contributed by atoms with E-state index in [1.165, 1.54) is 55.5 Å². The van der Waals surface area contributed by atoms with Crippen molar-refractivity contribution in [2.45, 2.75) is 51.1 Å². The predicted octanol–water partition coefficient (Wildman–Crippen LogP) is 3.85. The molecule has 0 aliphatic carbocycles. The fourth-order valence-electron chi connectivity index (χ4n) is 4.72. The molecule has 170 valence electrons. The molecule has 0 spiro atoms. The predicted molar refractivity (Wildman–Crippen MR) is 131 cm³/mol. The number of hydrogen-bond acceptors (Lipinski definition) is 3. The van der Waals surface area contributed by atoms with E-state index >= 15 is 0 Å². The van der Waals surface area contributed by atoms with Crippen molar-refractivity contribution in [2.24, 2.45) is 4.99 Å². The Morgan fingerprint density at radius 1 is 1.00 bits per heavy atom. The Morgan fingerprint density at radius 2 is 1.72 bits per heavy atom. The number of fused-ring (bicyclic) bond motifs is 1. The molecule has 0 radical (unpaired) electrons. The van der Waals surface area contributed by atoms with Crippen molar-refractivity contribution in [3.8, 4) is 0 Å². The molecule has 1 atom stereocenters. The molecule has 32 heavy (non-hydrogen) atoms. The Balaban J connectivity index is 1.34. The van der Waals surface area contributed by atoms with Gasteiger partial charge < -0.3 is 16.0 Å². The molecule has 6 heteroatoms. The molecule has 3 N–H and O–H groups in total. The first-order valence-electron chi connectivity index (χ1n) is 11.9. The lowest BCUT2D eigenvalue weighted by Gasteiger charge is -2.26. The highest BCUT2D eigenvalue weighted by Gasteiger charge is 2.24. The van der Waals surface area contributed by atoms with Gasteiger partial charge in [0.15, 0.2) is 5.96 Å². The Kier molecular flexibility index (Phi) is 7.77. The lowest BCUT2D eigenvalue weighted by molar-refractivity contribution is -0.116. The third-order valence-electron chi connectivity index (χ3n) is 6.50. The summed E-state index contributed by atoms with van der Waals surface area (Å²) in [4.78, 5) is 19.1. The van der Waals surface area contributed by atoms with Gasteiger partial charge in [0.2, 0.25) is 5.91 Å². The number of carbonyl (C=O) groups excluding carboxylic acids is 1. The monoisotopic (exact) mass is 433 g/mol. The molecule has 0 saturated carbocycles. The van der Waals surface area contributed by atoms with Crippen LogP contribution in [0.25, 0.3) is 0 Å². The molecule has 2 aliphatic rings. The third kappa shape index (κ3) is 5.88. The summed E-state index contributed by atoms with van der Waals surface area (Å²) >= 11 is 0. The van der Waals surface area contributed by atoms with Gasteiger partial charge in [0.1, 0.15) is 0 Å². The molecule has 0 bridgehead atoms. The van der Waals surface area contributed by atoms with Crippen molar-refractivity contribution in [3.05, 3.63) is 65.2 Å². The molecule has 1 unspecified atom stereocenters. The van der Waals surface area contributed by atoms with E-state index in [0.717, 1.165) is 24.7 Å². The van der Waals surface area contributed by atoms with Crippen molar-refractivity contribution in [3.63, 3.8) is 0 Å². The van der Waals surface area contributed by atoms with Gasteiger partial charge in [-0.15, -0.1) is 0 Å². The van der Waals surface area contributed by atoms with Gasteiger partial charge in [0.25, 0.3) is 0 Å². The van der Waals surface area contributed by atoms with Crippen molar-refractivity contribution < 1.29 is 4.79 Å². The molecule has 2 aromatic rings. The van der Waals surface area contributed by atoms with Gasteiger partial charge in [0.05, 0.1) is 0 Å². The molecule has 2 aliphatic heterocycles. The molecular formula is C26H35N5O. The molecule has 2 heterocycles. The van der Waals surface area contributed by atoms with Crippen LogP contribution in [0.5, 0.6) is 0 Å². The zero-order chi connectivity index (χ0) is 22.2. The van der Waals surface area contributed by atoms with Gasteiger partial charge >= 0.3 is 0 Å². The van der Waals surface area contributed by atoms with Crippen LogP contribution >= 0.6 is 0 Å². The van der Waals surface area contributed by atoms with Gasteiger partial charge in [-0.25, -0.2) is 0 Å². The van der Waals surface area contributed by atoms with Crippen LogP contribution in [0.4, 0.5) is 5.69 Å². The molecular weight excluding hydrogens is 398 g/mol. The maximum Gasteiger partial charge on any atom is 0.225 e. The van der Waals surface area contributed by atoms with E-state index in [9.17, 15) is 4.79 Å². The topological polar surface area (TPSA) is 68.8 Å². The number of guanidine groups is 1. The normalized spacial score (nSPS) is 19.6. The molecule has 4 rings (SSSR count). The van der Waals surface area contributed by atoms with E-state index < -0.39 is 0 Å². The number of nitrogens with one attached hydrogen (secondary N) is 3. The number of anilines is 1. The van der Waals surface area contributed by atoms with Crippen molar-refractivity contribution in [2.75, 3.05) is 32.0 Å². The highest BCUT2D eigenvalue weighted by atomic mass is 16.1. The number of hydrogen-bond donors (Lipinski definition) is 3. The fourth-order valence-corrected chi connectivity index (χ4v) is 4.72. The smallest absolute Gasteiger partial charge is 0.225 e. The summed E-state index contributed by atoms with van der Waals surface area (Å²) in [5.74, 6) is 0.966. The van der Waals surface area contributed by atoms with Crippen molar-refractivity contribution >= 4 is 17.6 Å². The lowest BCUT2D eigenvalue weighted by Crippen LogP contribution is -2.40. The van der Waals surface area contributed by atoms with Crippen LogP contribution in [0.2, 0.25) is 0 Å². The lowest BCUT2D eigenvalue weighted by atomic mass is 9.90. The van der Waals surface area contributed by atoms with E-state index in [1.807, 2.05) is 18.2 Å². The van der Waals surface area contributed by atoms with E-state index in [1.54, 1.807) is 7.05 Å². The van der Waals surface area contributed by atoms with Gasteiger partial charge in [0, 0.05) is 44.7 Å². The summed E-state index contributed by atoms with van der Waals surface area (Å²) < 4.78 is 0. The van der Waals surface area contributed by atoms with Crippen LogP contribution in [0.15, 0.2) is 53.5 Å². The highest BCUT2D eigenvalue weighted by Crippen LogP contribution is 2.31. The number of amides is 1. The average Bonchev–Trinajstić information content (AvgIpc) is 3.08. The molecule has 0 aromatic heterocycles. The minimum Gasteiger partial charge on any atom is -0.356 e. The Morgan fingerprint density at radius 3 is 2.50 bits per heavy atom.